The van der Waals surface area contributed by atoms with Crippen molar-refractivity contribution in [3.63, 3.8) is 0 Å². The molecule has 0 amide bonds. The fraction of sp³-hybridized carbons (Fsp3) is 0.438. The number of anilines is 1. The molecule has 0 spiro atoms. The smallest absolute Gasteiger partial charge is 0.264 e. The zero-order chi connectivity index (χ0) is 14.8. The van der Waals surface area contributed by atoms with Crippen molar-refractivity contribution in [2.45, 2.75) is 32.2 Å². The van der Waals surface area contributed by atoms with Gasteiger partial charge in [-0.25, -0.2) is 4.99 Å². The number of rotatable bonds is 4. The first-order valence-electron chi connectivity index (χ1n) is 7.38. The third-order valence-electron chi connectivity index (χ3n) is 4.15. The Hall–Kier alpha value is -1.68. The summed E-state index contributed by atoms with van der Waals surface area (Å²) in [6, 6.07) is 7.49. The Labute approximate surface area is 129 Å². The lowest BCUT2D eigenvalue weighted by molar-refractivity contribution is -0.498. The van der Waals surface area contributed by atoms with Gasteiger partial charge in [0.05, 0.1) is 6.21 Å². The van der Waals surface area contributed by atoms with E-state index in [2.05, 4.69) is 9.89 Å². The molecule has 0 radical (unpaired) electrons. The molecule has 21 heavy (non-hydrogen) atoms. The lowest BCUT2D eigenvalue weighted by Crippen LogP contribution is -2.34. The lowest BCUT2D eigenvalue weighted by Gasteiger charge is -2.33. The molecular weight excluding hydrogens is 286 g/mol. The van der Waals surface area contributed by atoms with Crippen LogP contribution in [0.3, 0.4) is 0 Å². The summed E-state index contributed by atoms with van der Waals surface area (Å²) in [5.74, 6) is 1.38. The van der Waals surface area contributed by atoms with Crippen molar-refractivity contribution in [3.8, 4) is 0 Å². The van der Waals surface area contributed by atoms with E-state index in [0.717, 1.165) is 17.0 Å². The van der Waals surface area contributed by atoms with E-state index in [-0.39, 0.29) is 6.04 Å². The Kier molecular flexibility index (Phi) is 4.06. The molecule has 0 bridgehead atoms. The molecule has 4 nitrogen and oxygen atoms in total. The highest BCUT2D eigenvalue weighted by atomic mass is 35.5. The second-order valence-electron chi connectivity index (χ2n) is 5.75. The van der Waals surface area contributed by atoms with Gasteiger partial charge >= 0.3 is 0 Å². The third kappa shape index (κ3) is 3.16. The number of hydrogen-bond donors (Lipinski definition) is 0. The topological polar surface area (TPSA) is 35.7 Å². The largest absolute Gasteiger partial charge is 0.321 e. The summed E-state index contributed by atoms with van der Waals surface area (Å²) >= 11 is 5.97. The average molecular weight is 305 g/mol. The van der Waals surface area contributed by atoms with Crippen molar-refractivity contribution in [3.05, 3.63) is 46.2 Å². The van der Waals surface area contributed by atoms with E-state index in [9.17, 15) is 4.91 Å². The molecule has 1 unspecified atom stereocenters. The van der Waals surface area contributed by atoms with Crippen molar-refractivity contribution in [2.24, 2.45) is 10.9 Å². The molecular formula is C16H19ClN3O+. The van der Waals surface area contributed by atoms with E-state index < -0.39 is 0 Å². The predicted molar refractivity (Wildman–Crippen MR) is 85.8 cm³/mol. The van der Waals surface area contributed by atoms with Gasteiger partial charge in [-0.1, -0.05) is 18.0 Å². The first-order valence-corrected chi connectivity index (χ1v) is 7.76. The van der Waals surface area contributed by atoms with Gasteiger partial charge < -0.3 is 4.90 Å². The van der Waals surface area contributed by atoms with E-state index in [4.69, 9.17) is 11.6 Å². The van der Waals surface area contributed by atoms with Gasteiger partial charge in [0.25, 0.3) is 6.20 Å². The van der Waals surface area contributed by atoms with Crippen molar-refractivity contribution >= 4 is 23.5 Å². The molecule has 1 atom stereocenters. The molecule has 1 aromatic rings. The van der Waals surface area contributed by atoms with Crippen LogP contribution in [0.15, 0.2) is 41.3 Å². The molecule has 1 heterocycles. The quantitative estimate of drug-likeness (QED) is 0.788. The van der Waals surface area contributed by atoms with Crippen LogP contribution in [-0.4, -0.2) is 23.6 Å². The van der Waals surface area contributed by atoms with Crippen LogP contribution < -0.4 is 4.90 Å². The highest BCUT2D eigenvalue weighted by Gasteiger charge is 2.28. The molecule has 0 saturated heterocycles. The summed E-state index contributed by atoms with van der Waals surface area (Å²) in [4.78, 5) is 18.4. The van der Waals surface area contributed by atoms with Crippen LogP contribution in [0.4, 0.5) is 5.69 Å². The molecule has 1 saturated carbocycles. The normalized spacial score (nSPS) is 21.9. The van der Waals surface area contributed by atoms with E-state index in [1.54, 1.807) is 12.4 Å². The first kappa shape index (κ1) is 14.3. The number of halogens is 1. The predicted octanol–water partition coefficient (Wildman–Crippen LogP) is 4.00. The molecule has 1 aromatic carbocycles. The van der Waals surface area contributed by atoms with Gasteiger partial charge in [-0.2, -0.15) is 0 Å². The molecule has 2 aliphatic rings. The van der Waals surface area contributed by atoms with Crippen LogP contribution in [0.1, 0.15) is 26.2 Å². The molecule has 5 heteroatoms. The second-order valence-corrected chi connectivity index (χ2v) is 6.19. The number of nitroso groups, excluding NO2 is 1. The van der Waals surface area contributed by atoms with Crippen molar-refractivity contribution < 1.29 is 4.76 Å². The van der Waals surface area contributed by atoms with Gasteiger partial charge in [0.1, 0.15) is 0 Å². The Morgan fingerprint density at radius 2 is 2.05 bits per heavy atom. The average Bonchev–Trinajstić information content (AvgIpc) is 2.43. The van der Waals surface area contributed by atoms with Crippen LogP contribution in [0, 0.1) is 10.8 Å². The minimum atomic E-state index is -0.204. The monoisotopic (exact) mass is 304 g/mol. The van der Waals surface area contributed by atoms with Crippen molar-refractivity contribution in [2.75, 3.05) is 11.4 Å². The number of nitrogens with zero attached hydrogens (tertiary/aromatic N) is 3. The maximum atomic E-state index is 11.9. The van der Waals surface area contributed by atoms with Crippen LogP contribution in [0.5, 0.6) is 0 Å². The first-order chi connectivity index (χ1) is 10.1. The van der Waals surface area contributed by atoms with Gasteiger partial charge in [0, 0.05) is 33.8 Å². The minimum absolute atomic E-state index is 0.204. The molecule has 3 rings (SSSR count). The van der Waals surface area contributed by atoms with Gasteiger partial charge in [0.2, 0.25) is 11.9 Å². The van der Waals surface area contributed by atoms with E-state index in [1.165, 1.54) is 19.3 Å². The highest BCUT2D eigenvalue weighted by molar-refractivity contribution is 6.30. The highest BCUT2D eigenvalue weighted by Crippen LogP contribution is 2.32. The maximum Gasteiger partial charge on any atom is 0.264 e. The van der Waals surface area contributed by atoms with Crippen LogP contribution in [0.25, 0.3) is 0 Å². The van der Waals surface area contributed by atoms with E-state index in [0.29, 0.717) is 16.8 Å². The van der Waals surface area contributed by atoms with Crippen LogP contribution in [-0.2, 0) is 0 Å². The number of hydrogen-bond acceptors (Lipinski definition) is 3. The van der Waals surface area contributed by atoms with Crippen LogP contribution >= 0.6 is 11.6 Å². The van der Waals surface area contributed by atoms with E-state index >= 15 is 0 Å². The Morgan fingerprint density at radius 1 is 1.33 bits per heavy atom. The summed E-state index contributed by atoms with van der Waals surface area (Å²) in [5.41, 5.74) is 1.03. The summed E-state index contributed by atoms with van der Waals surface area (Å²) in [5, 5.41) is 0.711. The summed E-state index contributed by atoms with van der Waals surface area (Å²) in [7, 11) is 0. The Morgan fingerprint density at radius 3 is 2.62 bits per heavy atom. The number of aliphatic imine (C=N–C) groups is 1. The fourth-order valence-electron chi connectivity index (χ4n) is 2.54. The zero-order valence-electron chi connectivity index (χ0n) is 12.1. The van der Waals surface area contributed by atoms with E-state index in [1.807, 2.05) is 31.2 Å². The number of benzene rings is 1. The van der Waals surface area contributed by atoms with Gasteiger partial charge in [0.15, 0.2) is 0 Å². The minimum Gasteiger partial charge on any atom is -0.321 e. The fourth-order valence-corrected chi connectivity index (χ4v) is 2.67. The zero-order valence-corrected chi connectivity index (χ0v) is 12.8. The standard InChI is InChI=1S/C16H19ClN3O/c1-12-9-18-16(11-20(12)21)19(10-13-3-2-4-13)15-7-5-14(17)6-8-15/h5-9,11-13H,2-4,10H2,1H3/q+1. The van der Waals surface area contributed by atoms with Crippen molar-refractivity contribution in [1.29, 1.82) is 0 Å². The molecule has 110 valence electrons. The third-order valence-corrected chi connectivity index (χ3v) is 4.40. The van der Waals surface area contributed by atoms with Gasteiger partial charge in [-0.15, -0.1) is 0 Å². The Balaban J connectivity index is 1.88. The van der Waals surface area contributed by atoms with Gasteiger partial charge in [-0.05, 0) is 43.0 Å². The summed E-state index contributed by atoms with van der Waals surface area (Å²) < 4.78 is 0.950. The molecule has 0 N–H and O–H groups in total. The summed E-state index contributed by atoms with van der Waals surface area (Å²) in [6.07, 6.45) is 7.08. The lowest BCUT2D eigenvalue weighted by atomic mass is 9.85. The molecule has 1 aliphatic heterocycles. The Bertz CT molecular complexity index is 590. The SMILES string of the molecule is CC1C=NC(N(CC2CCC2)c2ccc(Cl)cc2)=C[N+]1=O. The molecule has 1 aliphatic carbocycles. The second kappa shape index (κ2) is 5.98. The van der Waals surface area contributed by atoms with Crippen molar-refractivity contribution in [1.82, 2.24) is 0 Å². The summed E-state index contributed by atoms with van der Waals surface area (Å²) in [6.45, 7) is 2.73. The van der Waals surface area contributed by atoms with Crippen LogP contribution in [0.2, 0.25) is 5.02 Å². The molecule has 0 aromatic heterocycles. The maximum absolute atomic E-state index is 11.9. The molecule has 1 fully saturated rings. The van der Waals surface area contributed by atoms with Gasteiger partial charge in [-0.3, -0.25) is 0 Å².